The molecule has 1 aromatic heterocycles. The lowest BCUT2D eigenvalue weighted by molar-refractivity contribution is -0.268. The highest BCUT2D eigenvalue weighted by molar-refractivity contribution is 9.10. The highest BCUT2D eigenvalue weighted by atomic mass is 79.9. The van der Waals surface area contributed by atoms with Gasteiger partial charge in [0.25, 0.3) is 0 Å². The molecule has 1 N–H and O–H groups in total. The number of aryl methyl sites for hydroxylation is 1. The molecule has 1 fully saturated rings. The highest BCUT2D eigenvalue weighted by Crippen LogP contribution is 2.44. The summed E-state index contributed by atoms with van der Waals surface area (Å²) in [5.74, 6) is -0.729. The Labute approximate surface area is 167 Å². The molecule has 3 rings (SSSR count). The summed E-state index contributed by atoms with van der Waals surface area (Å²) in [4.78, 5) is 18.0. The van der Waals surface area contributed by atoms with E-state index in [0.717, 1.165) is 10.0 Å². The fraction of sp³-hybridized carbons (Fsp3) is 0.444. The van der Waals surface area contributed by atoms with E-state index in [2.05, 4.69) is 20.9 Å². The zero-order valence-electron chi connectivity index (χ0n) is 14.5. The van der Waals surface area contributed by atoms with Crippen LogP contribution in [0.5, 0.6) is 0 Å². The zero-order chi connectivity index (χ0) is 19.8. The van der Waals surface area contributed by atoms with Gasteiger partial charge in [-0.3, -0.25) is 4.79 Å². The van der Waals surface area contributed by atoms with Crippen LogP contribution >= 0.6 is 27.3 Å². The number of benzene rings is 1. The van der Waals surface area contributed by atoms with Crippen LogP contribution in [0.4, 0.5) is 13.2 Å². The smallest absolute Gasteiger partial charge is 0.374 e. The average Bonchev–Trinajstić information content (AvgIpc) is 3.23. The van der Waals surface area contributed by atoms with Crippen LogP contribution in [-0.4, -0.2) is 33.6 Å². The lowest BCUT2D eigenvalue weighted by Crippen LogP contribution is -2.47. The fourth-order valence-electron chi connectivity index (χ4n) is 3.26. The summed E-state index contributed by atoms with van der Waals surface area (Å²) in [5, 5.41) is 11.4. The van der Waals surface area contributed by atoms with Gasteiger partial charge in [0.1, 0.15) is 5.01 Å². The second-order valence-corrected chi connectivity index (χ2v) is 8.40. The Kier molecular flexibility index (Phi) is 5.65. The largest absolute Gasteiger partial charge is 0.424 e. The molecular formula is C18H18BrF3N2O2S. The minimum absolute atomic E-state index is 0.291. The second-order valence-electron chi connectivity index (χ2n) is 6.63. The zero-order valence-corrected chi connectivity index (χ0v) is 16.9. The van der Waals surface area contributed by atoms with Gasteiger partial charge in [0, 0.05) is 22.1 Å². The Morgan fingerprint density at radius 3 is 2.59 bits per heavy atom. The molecule has 0 radical (unpaired) electrons. The van der Waals surface area contributed by atoms with E-state index in [1.807, 2.05) is 24.3 Å². The normalized spacial score (nSPS) is 19.9. The second kappa shape index (κ2) is 7.52. The van der Waals surface area contributed by atoms with E-state index in [1.165, 1.54) is 10.3 Å². The summed E-state index contributed by atoms with van der Waals surface area (Å²) in [7, 11) is 0. The lowest BCUT2D eigenvalue weighted by atomic mass is 9.97. The van der Waals surface area contributed by atoms with E-state index in [0.29, 0.717) is 36.4 Å². The molecule has 2 heterocycles. The fourth-order valence-corrected chi connectivity index (χ4v) is 4.44. The molecule has 1 aliphatic heterocycles. The van der Waals surface area contributed by atoms with Crippen molar-refractivity contribution in [1.29, 1.82) is 0 Å². The van der Waals surface area contributed by atoms with E-state index < -0.39 is 29.1 Å². The first-order valence-electron chi connectivity index (χ1n) is 8.38. The number of carbonyl (C=O) groups is 1. The monoisotopic (exact) mass is 462 g/mol. The molecule has 2 atom stereocenters. The molecule has 1 aromatic carbocycles. The number of halogens is 4. The summed E-state index contributed by atoms with van der Waals surface area (Å²) in [6.45, 7) is 1.91. The number of likely N-dealkylation sites (tertiary alicyclic amines) is 1. The minimum Gasteiger partial charge on any atom is -0.374 e. The van der Waals surface area contributed by atoms with Gasteiger partial charge in [-0.15, -0.1) is 11.3 Å². The molecule has 2 unspecified atom stereocenters. The minimum atomic E-state index is -5.00. The maximum atomic E-state index is 13.7. The number of aliphatic hydroxyl groups is 1. The van der Waals surface area contributed by atoms with Crippen LogP contribution in [0, 0.1) is 6.92 Å². The maximum Gasteiger partial charge on any atom is 0.424 e. The van der Waals surface area contributed by atoms with E-state index >= 15 is 0 Å². The third-order valence-corrected chi connectivity index (χ3v) is 6.32. The first kappa shape index (κ1) is 20.3. The van der Waals surface area contributed by atoms with Crippen molar-refractivity contribution in [3.05, 3.63) is 50.4 Å². The molecule has 27 heavy (non-hydrogen) atoms. The number of alkyl halides is 3. The molecule has 2 aromatic rings. The van der Waals surface area contributed by atoms with E-state index in [1.54, 1.807) is 6.92 Å². The van der Waals surface area contributed by atoms with Crippen molar-refractivity contribution in [3.63, 3.8) is 0 Å². The van der Waals surface area contributed by atoms with Gasteiger partial charge in [-0.05, 0) is 37.5 Å². The third-order valence-electron chi connectivity index (χ3n) is 4.68. The van der Waals surface area contributed by atoms with Crippen LogP contribution in [0.25, 0.3) is 0 Å². The molecular weight excluding hydrogens is 445 g/mol. The number of thiazole rings is 1. The Morgan fingerprint density at radius 1 is 1.37 bits per heavy atom. The standard InChI is InChI=1S/C18H18BrF3N2O2S/c1-11-10-27-16(23-11)17(26,18(20,21)22)9-15(25)24-8-2-3-14(24)12-4-6-13(19)7-5-12/h4-7,10,14,26H,2-3,8-9H2,1H3. The van der Waals surface area contributed by atoms with E-state index in [-0.39, 0.29) is 6.04 Å². The number of hydrogen-bond donors (Lipinski definition) is 1. The Morgan fingerprint density at radius 2 is 2.04 bits per heavy atom. The van der Waals surface area contributed by atoms with Gasteiger partial charge in [0.15, 0.2) is 0 Å². The number of nitrogens with zero attached hydrogens (tertiary/aromatic N) is 2. The lowest BCUT2D eigenvalue weighted by Gasteiger charge is -2.32. The van der Waals surface area contributed by atoms with Crippen LogP contribution in [0.2, 0.25) is 0 Å². The molecule has 0 aliphatic carbocycles. The van der Waals surface area contributed by atoms with Crippen molar-refractivity contribution < 1.29 is 23.1 Å². The first-order valence-corrected chi connectivity index (χ1v) is 10.1. The summed E-state index contributed by atoms with van der Waals surface area (Å²) < 4.78 is 41.8. The Hall–Kier alpha value is -1.45. The van der Waals surface area contributed by atoms with Crippen molar-refractivity contribution in [3.8, 4) is 0 Å². The van der Waals surface area contributed by atoms with Crippen molar-refractivity contribution in [2.24, 2.45) is 0 Å². The molecule has 0 bridgehead atoms. The van der Waals surface area contributed by atoms with Crippen LogP contribution in [-0.2, 0) is 10.4 Å². The average molecular weight is 463 g/mol. The quantitative estimate of drug-likeness (QED) is 0.715. The van der Waals surface area contributed by atoms with Gasteiger partial charge in [-0.25, -0.2) is 4.98 Å². The molecule has 1 aliphatic rings. The van der Waals surface area contributed by atoms with Gasteiger partial charge >= 0.3 is 6.18 Å². The van der Waals surface area contributed by atoms with Crippen molar-refractivity contribution >= 4 is 33.2 Å². The van der Waals surface area contributed by atoms with Crippen molar-refractivity contribution in [2.45, 2.75) is 44.0 Å². The van der Waals surface area contributed by atoms with Gasteiger partial charge in [-0.2, -0.15) is 13.2 Å². The maximum absolute atomic E-state index is 13.7. The number of amides is 1. The Balaban J connectivity index is 1.86. The molecule has 4 nitrogen and oxygen atoms in total. The van der Waals surface area contributed by atoms with Gasteiger partial charge in [0.2, 0.25) is 11.5 Å². The van der Waals surface area contributed by atoms with Crippen molar-refractivity contribution in [1.82, 2.24) is 9.88 Å². The van der Waals surface area contributed by atoms with E-state index in [4.69, 9.17) is 0 Å². The molecule has 0 spiro atoms. The topological polar surface area (TPSA) is 53.4 Å². The van der Waals surface area contributed by atoms with Crippen LogP contribution < -0.4 is 0 Å². The number of aromatic nitrogens is 1. The third kappa shape index (κ3) is 4.05. The molecule has 1 amide bonds. The van der Waals surface area contributed by atoms with Crippen LogP contribution in [0.15, 0.2) is 34.1 Å². The summed E-state index contributed by atoms with van der Waals surface area (Å²) in [6.07, 6.45) is -4.70. The first-order chi connectivity index (χ1) is 12.6. The summed E-state index contributed by atoms with van der Waals surface area (Å²) >= 11 is 4.05. The highest BCUT2D eigenvalue weighted by Gasteiger charge is 2.58. The van der Waals surface area contributed by atoms with Gasteiger partial charge in [-0.1, -0.05) is 28.1 Å². The number of hydrogen-bond acceptors (Lipinski definition) is 4. The molecule has 0 saturated carbocycles. The van der Waals surface area contributed by atoms with Gasteiger partial charge < -0.3 is 10.0 Å². The summed E-state index contributed by atoms with van der Waals surface area (Å²) in [5.41, 5.74) is -2.04. The van der Waals surface area contributed by atoms with Crippen LogP contribution in [0.1, 0.15) is 41.6 Å². The van der Waals surface area contributed by atoms with Gasteiger partial charge in [0.05, 0.1) is 12.5 Å². The number of carbonyl (C=O) groups excluding carboxylic acids is 1. The predicted octanol–water partition coefficient (Wildman–Crippen LogP) is 4.72. The number of rotatable bonds is 4. The SMILES string of the molecule is Cc1csc(C(O)(CC(=O)N2CCCC2c2ccc(Br)cc2)C(F)(F)F)n1. The molecule has 146 valence electrons. The molecule has 9 heteroatoms. The Bertz CT molecular complexity index is 825. The summed E-state index contributed by atoms with van der Waals surface area (Å²) in [6, 6.07) is 7.07. The predicted molar refractivity (Wildman–Crippen MR) is 99.2 cm³/mol. The van der Waals surface area contributed by atoms with Crippen LogP contribution in [0.3, 0.4) is 0 Å². The molecule has 1 saturated heterocycles. The van der Waals surface area contributed by atoms with Crippen molar-refractivity contribution in [2.75, 3.05) is 6.54 Å². The van der Waals surface area contributed by atoms with E-state index in [9.17, 15) is 23.1 Å².